The van der Waals surface area contributed by atoms with E-state index in [1.54, 1.807) is 12.1 Å². The van der Waals surface area contributed by atoms with Crippen LogP contribution < -0.4 is 10.5 Å². The Morgan fingerprint density at radius 1 is 1.21 bits per heavy atom. The van der Waals surface area contributed by atoms with Gasteiger partial charge in [0.15, 0.2) is 0 Å². The molecule has 19 heavy (non-hydrogen) atoms. The Kier molecular flexibility index (Phi) is 5.82. The van der Waals surface area contributed by atoms with E-state index in [9.17, 15) is 8.42 Å². The molecule has 0 radical (unpaired) electrons. The summed E-state index contributed by atoms with van der Waals surface area (Å²) in [6, 6.07) is 4.87. The number of anilines is 1. The quantitative estimate of drug-likeness (QED) is 0.597. The van der Waals surface area contributed by atoms with Gasteiger partial charge in [-0.25, -0.2) is 13.1 Å². The first-order valence-corrected chi connectivity index (χ1v) is 8.16. The largest absolute Gasteiger partial charge is 0.399 e. The van der Waals surface area contributed by atoms with E-state index in [0.29, 0.717) is 18.2 Å². The number of rotatable bonds is 7. The van der Waals surface area contributed by atoms with E-state index in [2.05, 4.69) is 18.6 Å². The maximum absolute atomic E-state index is 12.1. The molecule has 1 aromatic carbocycles. The number of benzene rings is 1. The van der Waals surface area contributed by atoms with Gasteiger partial charge < -0.3 is 5.73 Å². The number of hydrogen-bond donors (Lipinski definition) is 2. The molecule has 0 saturated carbocycles. The molecule has 108 valence electrons. The summed E-state index contributed by atoms with van der Waals surface area (Å²) in [7, 11) is -3.44. The van der Waals surface area contributed by atoms with Crippen molar-refractivity contribution in [2.24, 2.45) is 5.92 Å². The third-order valence-corrected chi connectivity index (χ3v) is 4.32. The van der Waals surface area contributed by atoms with Crippen LogP contribution in [0.15, 0.2) is 23.1 Å². The van der Waals surface area contributed by atoms with E-state index in [4.69, 9.17) is 5.73 Å². The van der Waals surface area contributed by atoms with Gasteiger partial charge in [0.25, 0.3) is 0 Å². The van der Waals surface area contributed by atoms with Crippen molar-refractivity contribution in [3.63, 3.8) is 0 Å². The van der Waals surface area contributed by atoms with Crippen LogP contribution in [0.2, 0.25) is 0 Å². The van der Waals surface area contributed by atoms with Crippen LogP contribution in [0.1, 0.15) is 38.7 Å². The molecule has 0 saturated heterocycles. The molecule has 3 N–H and O–H groups in total. The van der Waals surface area contributed by atoms with Gasteiger partial charge in [0.05, 0.1) is 4.90 Å². The molecule has 0 aliphatic rings. The summed E-state index contributed by atoms with van der Waals surface area (Å²) in [4.78, 5) is 0.244. The van der Waals surface area contributed by atoms with Gasteiger partial charge >= 0.3 is 0 Å². The van der Waals surface area contributed by atoms with Gasteiger partial charge in [0.2, 0.25) is 10.0 Å². The highest BCUT2D eigenvalue weighted by atomic mass is 32.2. The van der Waals surface area contributed by atoms with Crippen molar-refractivity contribution < 1.29 is 8.42 Å². The first kappa shape index (κ1) is 16.0. The molecule has 0 spiro atoms. The van der Waals surface area contributed by atoms with Crippen molar-refractivity contribution in [1.82, 2.24) is 4.72 Å². The fraction of sp³-hybridized carbons (Fsp3) is 0.571. The standard InChI is InChI=1S/C14H24N2O2S/c1-11(2)6-4-5-7-16-19(17,18)14-9-12(3)8-13(15)10-14/h8-11,16H,4-7,15H2,1-3H3. The van der Waals surface area contributed by atoms with E-state index in [0.717, 1.165) is 24.8 Å². The van der Waals surface area contributed by atoms with Crippen LogP contribution >= 0.6 is 0 Å². The highest BCUT2D eigenvalue weighted by Crippen LogP contribution is 2.16. The van der Waals surface area contributed by atoms with Crippen LogP contribution in [0.3, 0.4) is 0 Å². The van der Waals surface area contributed by atoms with E-state index < -0.39 is 10.0 Å². The lowest BCUT2D eigenvalue weighted by atomic mass is 10.1. The van der Waals surface area contributed by atoms with Crippen molar-refractivity contribution in [3.8, 4) is 0 Å². The SMILES string of the molecule is Cc1cc(N)cc(S(=O)(=O)NCCCCC(C)C)c1. The van der Waals surface area contributed by atoms with E-state index in [1.807, 2.05) is 6.92 Å². The topological polar surface area (TPSA) is 72.2 Å². The Morgan fingerprint density at radius 3 is 2.47 bits per heavy atom. The Hall–Kier alpha value is -1.07. The normalized spacial score (nSPS) is 12.0. The highest BCUT2D eigenvalue weighted by molar-refractivity contribution is 7.89. The number of nitrogens with one attached hydrogen (secondary N) is 1. The van der Waals surface area contributed by atoms with Crippen LogP contribution in [0.4, 0.5) is 5.69 Å². The van der Waals surface area contributed by atoms with Crippen molar-refractivity contribution in [3.05, 3.63) is 23.8 Å². The number of nitrogens with two attached hydrogens (primary N) is 1. The third kappa shape index (κ3) is 5.61. The predicted octanol–water partition coefficient (Wildman–Crippen LogP) is 2.68. The summed E-state index contributed by atoms with van der Waals surface area (Å²) >= 11 is 0. The zero-order chi connectivity index (χ0) is 14.5. The maximum atomic E-state index is 12.1. The lowest BCUT2D eigenvalue weighted by Crippen LogP contribution is -2.25. The number of aryl methyl sites for hydroxylation is 1. The van der Waals surface area contributed by atoms with E-state index in [1.165, 1.54) is 6.07 Å². The molecule has 4 nitrogen and oxygen atoms in total. The van der Waals surface area contributed by atoms with Crippen LogP contribution in [0.25, 0.3) is 0 Å². The minimum absolute atomic E-state index is 0.244. The Balaban J connectivity index is 2.56. The molecule has 0 aliphatic carbocycles. The zero-order valence-electron chi connectivity index (χ0n) is 11.9. The highest BCUT2D eigenvalue weighted by Gasteiger charge is 2.14. The van der Waals surface area contributed by atoms with Gasteiger partial charge in [-0.1, -0.05) is 26.7 Å². The number of sulfonamides is 1. The monoisotopic (exact) mass is 284 g/mol. The number of unbranched alkanes of at least 4 members (excludes halogenated alkanes) is 1. The summed E-state index contributed by atoms with van der Waals surface area (Å²) in [5.41, 5.74) is 6.99. The van der Waals surface area contributed by atoms with Crippen LogP contribution in [0.5, 0.6) is 0 Å². The molecule has 0 fully saturated rings. The summed E-state index contributed by atoms with van der Waals surface area (Å²) in [6.07, 6.45) is 3.02. The molecule has 0 atom stereocenters. The van der Waals surface area contributed by atoms with Crippen molar-refractivity contribution in [1.29, 1.82) is 0 Å². The Bertz CT molecular complexity index is 490. The van der Waals surface area contributed by atoms with Gasteiger partial charge in [-0.2, -0.15) is 0 Å². The first-order chi connectivity index (χ1) is 8.81. The lowest BCUT2D eigenvalue weighted by Gasteiger charge is -2.09. The molecule has 0 heterocycles. The van der Waals surface area contributed by atoms with Gasteiger partial charge in [-0.3, -0.25) is 0 Å². The predicted molar refractivity (Wildman–Crippen MR) is 79.5 cm³/mol. The summed E-state index contributed by atoms with van der Waals surface area (Å²) < 4.78 is 26.8. The van der Waals surface area contributed by atoms with Gasteiger partial charge in [-0.15, -0.1) is 0 Å². The minimum Gasteiger partial charge on any atom is -0.399 e. The molecule has 1 rings (SSSR count). The maximum Gasteiger partial charge on any atom is 0.240 e. The number of hydrogen-bond acceptors (Lipinski definition) is 3. The van der Waals surface area contributed by atoms with Crippen molar-refractivity contribution >= 4 is 15.7 Å². The average molecular weight is 284 g/mol. The molecule has 0 aliphatic heterocycles. The third-order valence-electron chi connectivity index (χ3n) is 2.88. The molecule has 0 unspecified atom stereocenters. The lowest BCUT2D eigenvalue weighted by molar-refractivity contribution is 0.530. The van der Waals surface area contributed by atoms with E-state index in [-0.39, 0.29) is 4.90 Å². The summed E-state index contributed by atoms with van der Waals surface area (Å²) in [5, 5.41) is 0. The summed E-state index contributed by atoms with van der Waals surface area (Å²) in [6.45, 7) is 6.64. The molecule has 0 aromatic heterocycles. The van der Waals surface area contributed by atoms with Crippen LogP contribution in [-0.4, -0.2) is 15.0 Å². The molecule has 0 amide bonds. The Morgan fingerprint density at radius 2 is 1.89 bits per heavy atom. The fourth-order valence-corrected chi connectivity index (χ4v) is 3.11. The second-order valence-corrected chi connectivity index (χ2v) is 7.13. The second-order valence-electron chi connectivity index (χ2n) is 5.37. The van der Waals surface area contributed by atoms with Crippen LogP contribution in [0, 0.1) is 12.8 Å². The van der Waals surface area contributed by atoms with Crippen molar-refractivity contribution in [2.75, 3.05) is 12.3 Å². The van der Waals surface area contributed by atoms with Gasteiger partial charge in [0.1, 0.15) is 0 Å². The second kappa shape index (κ2) is 6.91. The zero-order valence-corrected chi connectivity index (χ0v) is 12.8. The summed E-state index contributed by atoms with van der Waals surface area (Å²) in [5.74, 6) is 0.660. The van der Waals surface area contributed by atoms with E-state index >= 15 is 0 Å². The van der Waals surface area contributed by atoms with Gasteiger partial charge in [0, 0.05) is 12.2 Å². The molecule has 5 heteroatoms. The molecule has 1 aromatic rings. The average Bonchev–Trinajstić information content (AvgIpc) is 2.26. The molecular weight excluding hydrogens is 260 g/mol. The van der Waals surface area contributed by atoms with Crippen molar-refractivity contribution in [2.45, 2.75) is 44.9 Å². The minimum atomic E-state index is -3.44. The Labute approximate surface area is 116 Å². The molecule has 0 bridgehead atoms. The molecular formula is C14H24N2O2S. The van der Waals surface area contributed by atoms with Crippen LogP contribution in [-0.2, 0) is 10.0 Å². The number of nitrogen functional groups attached to an aromatic ring is 1. The smallest absolute Gasteiger partial charge is 0.240 e. The fourth-order valence-electron chi connectivity index (χ4n) is 1.90. The first-order valence-electron chi connectivity index (χ1n) is 6.68. The van der Waals surface area contributed by atoms with Gasteiger partial charge in [-0.05, 0) is 43.0 Å².